The number of hydrogen-bond acceptors (Lipinski definition) is 6. The molecule has 1 aromatic carbocycles. The molecule has 2 aromatic heterocycles. The van der Waals surface area contributed by atoms with Crippen LogP contribution in [0.1, 0.15) is 22.8 Å². The summed E-state index contributed by atoms with van der Waals surface area (Å²) in [6, 6.07) is 2.54. The van der Waals surface area contributed by atoms with Gasteiger partial charge in [-0.15, -0.1) is 0 Å². The van der Waals surface area contributed by atoms with Crippen molar-refractivity contribution < 1.29 is 17.6 Å². The first-order valence-corrected chi connectivity index (χ1v) is 9.77. The Labute approximate surface area is 153 Å². The van der Waals surface area contributed by atoms with Gasteiger partial charge in [0.05, 0.1) is 21.7 Å². The van der Waals surface area contributed by atoms with Crippen molar-refractivity contribution in [3.05, 3.63) is 57.4 Å². The first-order valence-electron chi connectivity index (χ1n) is 7.50. The summed E-state index contributed by atoms with van der Waals surface area (Å²) in [6.45, 7) is 2.12. The van der Waals surface area contributed by atoms with E-state index in [9.17, 15) is 18.0 Å². The summed E-state index contributed by atoms with van der Waals surface area (Å²) in [7, 11) is -3.65. The van der Waals surface area contributed by atoms with Crippen molar-refractivity contribution in [3.8, 4) is 11.3 Å². The normalized spacial score (nSPS) is 11.7. The quantitative estimate of drug-likeness (QED) is 0.662. The molecule has 3 aromatic rings. The van der Waals surface area contributed by atoms with Crippen molar-refractivity contribution in [3.63, 3.8) is 0 Å². The fourth-order valence-electron chi connectivity index (χ4n) is 2.56. The molecule has 2 heterocycles. The van der Waals surface area contributed by atoms with E-state index in [2.05, 4.69) is 10.1 Å². The molecule has 0 fully saturated rings. The van der Waals surface area contributed by atoms with E-state index in [0.29, 0.717) is 6.54 Å². The maximum atomic E-state index is 12.8. The smallest absolute Gasteiger partial charge is 0.277 e. The van der Waals surface area contributed by atoms with Crippen molar-refractivity contribution in [2.45, 2.75) is 18.4 Å². The topological polar surface area (TPSA) is 115 Å². The Morgan fingerprint density at radius 1 is 1.35 bits per heavy atom. The summed E-state index contributed by atoms with van der Waals surface area (Å²) in [4.78, 5) is 28.7. The lowest BCUT2D eigenvalue weighted by Gasteiger charge is -2.11. The zero-order valence-electron chi connectivity index (χ0n) is 13.8. The van der Waals surface area contributed by atoms with Crippen LogP contribution in [0.25, 0.3) is 11.3 Å². The van der Waals surface area contributed by atoms with E-state index in [0.717, 1.165) is 12.6 Å². The number of carbonyl (C=O) groups is 1. The highest BCUT2D eigenvalue weighted by Crippen LogP contribution is 2.37. The van der Waals surface area contributed by atoms with Crippen molar-refractivity contribution >= 4 is 27.2 Å². The average molecular weight is 396 g/mol. The summed E-state index contributed by atoms with van der Waals surface area (Å²) >= 11 is 6.36. The van der Waals surface area contributed by atoms with Crippen LogP contribution in [-0.4, -0.2) is 35.2 Å². The third kappa shape index (κ3) is 2.99. The number of hydrogen-bond donors (Lipinski definition) is 1. The van der Waals surface area contributed by atoms with Crippen LogP contribution in [0.4, 0.5) is 0 Å². The lowest BCUT2D eigenvalue weighted by molar-refractivity contribution is 0.103. The molecule has 26 heavy (non-hydrogen) atoms. The number of nitrogens with one attached hydrogen (secondary N) is 1. The minimum absolute atomic E-state index is 0.00943. The van der Waals surface area contributed by atoms with E-state index in [1.165, 1.54) is 29.2 Å². The maximum Gasteiger partial charge on any atom is 0.277 e. The van der Waals surface area contributed by atoms with E-state index >= 15 is 0 Å². The molecule has 8 nitrogen and oxygen atoms in total. The summed E-state index contributed by atoms with van der Waals surface area (Å²) in [5.41, 5.74) is -0.556. The number of H-pyrrole nitrogens is 1. The summed E-state index contributed by atoms with van der Waals surface area (Å²) < 4.78 is 30.6. The molecule has 0 spiro atoms. The third-order valence-electron chi connectivity index (χ3n) is 3.83. The predicted molar refractivity (Wildman–Crippen MR) is 94.2 cm³/mol. The molecule has 0 atom stereocenters. The molecule has 0 saturated heterocycles. The molecule has 10 heteroatoms. The average Bonchev–Trinajstić information content (AvgIpc) is 3.22. The van der Waals surface area contributed by atoms with Crippen LogP contribution < -0.4 is 5.56 Å². The Morgan fingerprint density at radius 2 is 2.08 bits per heavy atom. The fourth-order valence-corrected chi connectivity index (χ4v) is 3.85. The Bertz CT molecular complexity index is 1140. The van der Waals surface area contributed by atoms with Gasteiger partial charge in [0.2, 0.25) is 5.78 Å². The van der Waals surface area contributed by atoms with Gasteiger partial charge in [-0.1, -0.05) is 11.6 Å². The Kier molecular flexibility index (Phi) is 4.59. The van der Waals surface area contributed by atoms with Gasteiger partial charge in [0.25, 0.3) is 5.56 Å². The number of nitrogens with zero attached hydrogens (tertiary/aromatic N) is 2. The Hall–Kier alpha value is -2.65. The van der Waals surface area contributed by atoms with Crippen molar-refractivity contribution in [1.29, 1.82) is 0 Å². The molecule has 0 amide bonds. The lowest BCUT2D eigenvalue weighted by atomic mass is 10.0. The molecular weight excluding hydrogens is 382 g/mol. The molecule has 0 aliphatic heterocycles. The summed E-state index contributed by atoms with van der Waals surface area (Å²) in [5.74, 6) is -0.519. The van der Waals surface area contributed by atoms with Crippen LogP contribution in [0.3, 0.4) is 0 Å². The van der Waals surface area contributed by atoms with Crippen LogP contribution in [-0.2, 0) is 16.4 Å². The number of oxazole rings is 1. The molecule has 0 saturated carbocycles. The van der Waals surface area contributed by atoms with Gasteiger partial charge in [-0.2, -0.15) is 0 Å². The molecule has 1 N–H and O–H groups in total. The third-order valence-corrected chi connectivity index (χ3v) is 5.36. The van der Waals surface area contributed by atoms with E-state index < -0.39 is 21.2 Å². The molecule has 0 unspecified atom stereocenters. The van der Waals surface area contributed by atoms with E-state index in [1.54, 1.807) is 6.92 Å². The van der Waals surface area contributed by atoms with Crippen molar-refractivity contribution in [1.82, 2.24) is 14.8 Å². The first-order chi connectivity index (χ1) is 12.3. The fraction of sp³-hybridized carbons (Fsp3) is 0.188. The standard InChI is InChI=1S/C16H14ClN3O5S/c1-3-20-16(22)10(6-19-20)15(21)9-4-5-12(26(2,23)24)13(14(9)17)11-7-18-8-25-11/h4-8,19H,3H2,1-2H3. The van der Waals surface area contributed by atoms with Gasteiger partial charge in [-0.25, -0.2) is 13.4 Å². The van der Waals surface area contributed by atoms with Gasteiger partial charge in [0.1, 0.15) is 5.56 Å². The highest BCUT2D eigenvalue weighted by atomic mass is 35.5. The zero-order valence-corrected chi connectivity index (χ0v) is 15.4. The minimum Gasteiger partial charge on any atom is -0.443 e. The molecular formula is C16H14ClN3O5S. The van der Waals surface area contributed by atoms with Gasteiger partial charge >= 0.3 is 0 Å². The minimum atomic E-state index is -3.65. The van der Waals surface area contributed by atoms with Crippen LogP contribution in [0, 0.1) is 0 Å². The Morgan fingerprint density at radius 3 is 2.62 bits per heavy atom. The van der Waals surface area contributed by atoms with Gasteiger partial charge < -0.3 is 9.52 Å². The lowest BCUT2D eigenvalue weighted by Crippen LogP contribution is -2.21. The van der Waals surface area contributed by atoms with Crippen LogP contribution in [0.5, 0.6) is 0 Å². The first kappa shape index (κ1) is 18.2. The van der Waals surface area contributed by atoms with E-state index in [4.69, 9.17) is 16.0 Å². The number of carbonyl (C=O) groups excluding carboxylic acids is 1. The summed E-state index contributed by atoms with van der Waals surface area (Å²) in [5, 5.41) is 2.56. The number of ketones is 1. The second-order valence-electron chi connectivity index (χ2n) is 5.50. The van der Waals surface area contributed by atoms with Crippen molar-refractivity contribution in [2.24, 2.45) is 0 Å². The molecule has 3 rings (SSSR count). The van der Waals surface area contributed by atoms with Gasteiger partial charge in [0, 0.05) is 24.6 Å². The van der Waals surface area contributed by atoms with Crippen LogP contribution in [0.2, 0.25) is 5.02 Å². The SMILES string of the molecule is CCn1[nH]cc(C(=O)c2ccc(S(C)(=O)=O)c(-c3cnco3)c2Cl)c1=O. The number of aromatic amines is 1. The molecule has 136 valence electrons. The van der Waals surface area contributed by atoms with Crippen LogP contribution in [0.15, 0.2) is 45.0 Å². The molecule has 0 aliphatic carbocycles. The number of rotatable bonds is 5. The van der Waals surface area contributed by atoms with E-state index in [-0.39, 0.29) is 32.4 Å². The summed E-state index contributed by atoms with van der Waals surface area (Å²) in [6.07, 6.45) is 4.73. The second-order valence-corrected chi connectivity index (χ2v) is 7.87. The monoisotopic (exact) mass is 395 g/mol. The predicted octanol–water partition coefficient (Wildman–Crippen LogP) is 2.14. The van der Waals surface area contributed by atoms with Crippen LogP contribution >= 0.6 is 11.6 Å². The highest BCUT2D eigenvalue weighted by molar-refractivity contribution is 7.90. The maximum absolute atomic E-state index is 12.8. The number of aryl methyl sites for hydroxylation is 1. The van der Waals surface area contributed by atoms with E-state index in [1.807, 2.05) is 0 Å². The van der Waals surface area contributed by atoms with Gasteiger partial charge in [-0.3, -0.25) is 14.3 Å². The zero-order chi connectivity index (χ0) is 19.1. The number of benzene rings is 1. The van der Waals surface area contributed by atoms with Gasteiger partial charge in [0.15, 0.2) is 22.0 Å². The highest BCUT2D eigenvalue weighted by Gasteiger charge is 2.26. The molecule has 0 bridgehead atoms. The van der Waals surface area contributed by atoms with Crippen molar-refractivity contribution in [2.75, 3.05) is 6.26 Å². The van der Waals surface area contributed by atoms with Gasteiger partial charge in [-0.05, 0) is 19.1 Å². The number of sulfone groups is 1. The number of halogens is 1. The molecule has 0 radical (unpaired) electrons. The molecule has 0 aliphatic rings. The largest absolute Gasteiger partial charge is 0.443 e. The Balaban J connectivity index is 2.24. The second kappa shape index (κ2) is 6.58. The number of aromatic nitrogens is 3.